The predicted octanol–water partition coefficient (Wildman–Crippen LogP) is 3.41. The molecule has 0 saturated carbocycles. The molecule has 0 fully saturated rings. The van der Waals surface area contributed by atoms with Gasteiger partial charge >= 0.3 is 6.03 Å². The number of rotatable bonds is 2. The molecule has 5 nitrogen and oxygen atoms in total. The molecule has 4 aromatic rings. The Kier molecular flexibility index (Phi) is 3.08. The minimum atomic E-state index is -0.351. The summed E-state index contributed by atoms with van der Waals surface area (Å²) >= 11 is 0. The molecule has 2 heterocycles. The topological polar surface area (TPSA) is 62.7 Å². The second-order valence-electron chi connectivity index (χ2n) is 5.27. The summed E-state index contributed by atoms with van der Waals surface area (Å²) in [4.78, 5) is 12.6. The summed E-state index contributed by atoms with van der Waals surface area (Å²) in [6.07, 6.45) is 1.56. The van der Waals surface area contributed by atoms with Crippen molar-refractivity contribution < 1.29 is 9.18 Å². The maximum Gasteiger partial charge on any atom is 0.326 e. The van der Waals surface area contributed by atoms with Crippen LogP contribution in [0.5, 0.6) is 0 Å². The lowest BCUT2D eigenvalue weighted by Crippen LogP contribution is -2.27. The minimum absolute atomic E-state index is 0.276. The Morgan fingerprint density at radius 1 is 1.17 bits per heavy atom. The van der Waals surface area contributed by atoms with Gasteiger partial charge in [0, 0.05) is 11.9 Å². The summed E-state index contributed by atoms with van der Waals surface area (Å²) in [5, 5.41) is 10.3. The van der Waals surface area contributed by atoms with E-state index in [0.29, 0.717) is 28.5 Å². The van der Waals surface area contributed by atoms with Gasteiger partial charge in [-0.05, 0) is 23.8 Å². The molecular weight excluding hydrogens is 295 g/mol. The van der Waals surface area contributed by atoms with Gasteiger partial charge in [-0.1, -0.05) is 30.3 Å². The van der Waals surface area contributed by atoms with Gasteiger partial charge in [-0.25, -0.2) is 9.18 Å². The van der Waals surface area contributed by atoms with Crippen molar-refractivity contribution in [2.45, 2.75) is 6.54 Å². The summed E-state index contributed by atoms with van der Waals surface area (Å²) in [6, 6.07) is 13.7. The van der Waals surface area contributed by atoms with Crippen LogP contribution in [0.25, 0.3) is 21.9 Å². The van der Waals surface area contributed by atoms with Crippen LogP contribution in [0.1, 0.15) is 5.56 Å². The van der Waals surface area contributed by atoms with E-state index in [4.69, 9.17) is 0 Å². The maximum absolute atomic E-state index is 13.5. The number of nitrogens with zero attached hydrogens (tertiary/aromatic N) is 2. The molecule has 0 bridgehead atoms. The van der Waals surface area contributed by atoms with E-state index in [2.05, 4.69) is 15.5 Å². The number of aromatic nitrogens is 3. The molecule has 6 heteroatoms. The largest absolute Gasteiger partial charge is 0.333 e. The zero-order chi connectivity index (χ0) is 15.8. The number of amides is 1. The van der Waals surface area contributed by atoms with Crippen LogP contribution in [0.2, 0.25) is 0 Å². The molecule has 0 aliphatic rings. The lowest BCUT2D eigenvalue weighted by Gasteiger charge is -2.08. The molecular formula is C17H13FN4O. The van der Waals surface area contributed by atoms with E-state index in [0.717, 1.165) is 5.56 Å². The van der Waals surface area contributed by atoms with E-state index < -0.39 is 0 Å². The van der Waals surface area contributed by atoms with Gasteiger partial charge < -0.3 is 5.32 Å². The fraction of sp³-hybridized carbons (Fsp3) is 0.0588. The summed E-state index contributed by atoms with van der Waals surface area (Å²) in [6.45, 7) is 0.417. The van der Waals surface area contributed by atoms with Crippen LogP contribution in [0.4, 0.5) is 9.18 Å². The van der Waals surface area contributed by atoms with Crippen LogP contribution in [0, 0.1) is 5.82 Å². The highest BCUT2D eigenvalue weighted by atomic mass is 19.1. The van der Waals surface area contributed by atoms with E-state index in [-0.39, 0.29) is 11.8 Å². The van der Waals surface area contributed by atoms with Gasteiger partial charge in [-0.15, -0.1) is 0 Å². The monoisotopic (exact) mass is 308 g/mol. The third kappa shape index (κ3) is 2.24. The Labute approximate surface area is 130 Å². The SMILES string of the molecule is O=C(NCc1ccccc1)n1c2ccc(F)cc2c2[nH]ncc21. The molecule has 2 N–H and O–H groups in total. The van der Waals surface area contributed by atoms with Crippen molar-refractivity contribution in [1.82, 2.24) is 20.1 Å². The van der Waals surface area contributed by atoms with Gasteiger partial charge in [-0.3, -0.25) is 9.67 Å². The lowest BCUT2D eigenvalue weighted by molar-refractivity contribution is 0.243. The summed E-state index contributed by atoms with van der Waals surface area (Å²) in [7, 11) is 0. The highest BCUT2D eigenvalue weighted by Crippen LogP contribution is 2.27. The van der Waals surface area contributed by atoms with E-state index in [9.17, 15) is 9.18 Å². The molecule has 0 aliphatic heterocycles. The second-order valence-corrected chi connectivity index (χ2v) is 5.27. The molecule has 114 valence electrons. The average molecular weight is 308 g/mol. The third-order valence-electron chi connectivity index (χ3n) is 3.82. The molecule has 2 aromatic heterocycles. The third-order valence-corrected chi connectivity index (χ3v) is 3.82. The van der Waals surface area contributed by atoms with Crippen LogP contribution in [-0.2, 0) is 6.54 Å². The first-order valence-corrected chi connectivity index (χ1v) is 7.19. The molecule has 1 amide bonds. The number of aromatic amines is 1. The maximum atomic E-state index is 13.5. The molecule has 0 aliphatic carbocycles. The molecule has 0 unspecified atom stereocenters. The Bertz CT molecular complexity index is 1000. The summed E-state index contributed by atoms with van der Waals surface area (Å²) in [5.74, 6) is -0.351. The van der Waals surface area contributed by atoms with Gasteiger partial charge in [0.1, 0.15) is 5.82 Å². The van der Waals surface area contributed by atoms with E-state index in [1.54, 1.807) is 12.3 Å². The van der Waals surface area contributed by atoms with Crippen LogP contribution in [0.15, 0.2) is 54.7 Å². The van der Waals surface area contributed by atoms with Crippen molar-refractivity contribution in [2.24, 2.45) is 0 Å². The molecule has 0 atom stereocenters. The quantitative estimate of drug-likeness (QED) is 0.596. The Morgan fingerprint density at radius 3 is 2.83 bits per heavy atom. The average Bonchev–Trinajstić information content (AvgIpc) is 3.14. The van der Waals surface area contributed by atoms with Gasteiger partial charge in [0.15, 0.2) is 0 Å². The van der Waals surface area contributed by atoms with Crippen LogP contribution in [0.3, 0.4) is 0 Å². The van der Waals surface area contributed by atoms with E-state index in [1.165, 1.54) is 16.7 Å². The highest BCUT2D eigenvalue weighted by Gasteiger charge is 2.17. The summed E-state index contributed by atoms with van der Waals surface area (Å²) in [5.41, 5.74) is 2.91. The standard InChI is InChI=1S/C17H13FN4O/c18-12-6-7-14-13(8-12)16-15(10-20-21-16)22(14)17(23)19-9-11-4-2-1-3-5-11/h1-8,10H,9H2,(H,19,23)(H,20,21). The predicted molar refractivity (Wildman–Crippen MR) is 85.6 cm³/mol. The smallest absolute Gasteiger partial charge is 0.326 e. The van der Waals surface area contributed by atoms with Crippen LogP contribution < -0.4 is 5.32 Å². The second kappa shape index (κ2) is 5.24. The van der Waals surface area contributed by atoms with Crippen molar-refractivity contribution >= 4 is 28.0 Å². The van der Waals surface area contributed by atoms with Crippen molar-refractivity contribution in [3.63, 3.8) is 0 Å². The number of hydrogen-bond acceptors (Lipinski definition) is 2. The van der Waals surface area contributed by atoms with E-state index >= 15 is 0 Å². The van der Waals surface area contributed by atoms with Gasteiger partial charge in [-0.2, -0.15) is 5.10 Å². The molecule has 0 spiro atoms. The fourth-order valence-electron chi connectivity index (χ4n) is 2.75. The number of H-pyrrole nitrogens is 1. The molecule has 2 aromatic carbocycles. The Hall–Kier alpha value is -3.15. The highest BCUT2D eigenvalue weighted by molar-refractivity contribution is 6.11. The number of carbonyl (C=O) groups is 1. The molecule has 4 rings (SSSR count). The van der Waals surface area contributed by atoms with Crippen molar-refractivity contribution in [1.29, 1.82) is 0 Å². The number of hydrogen-bond donors (Lipinski definition) is 2. The molecule has 0 saturated heterocycles. The Morgan fingerprint density at radius 2 is 2.00 bits per heavy atom. The first-order chi connectivity index (χ1) is 11.2. The van der Waals surface area contributed by atoms with Crippen LogP contribution in [-0.4, -0.2) is 20.8 Å². The molecule has 23 heavy (non-hydrogen) atoms. The van der Waals surface area contributed by atoms with Gasteiger partial charge in [0.2, 0.25) is 0 Å². The minimum Gasteiger partial charge on any atom is -0.333 e. The first kappa shape index (κ1) is 13.5. The molecule has 0 radical (unpaired) electrons. The number of nitrogens with one attached hydrogen (secondary N) is 2. The number of fused-ring (bicyclic) bond motifs is 3. The van der Waals surface area contributed by atoms with Crippen molar-refractivity contribution in [2.75, 3.05) is 0 Å². The number of carbonyl (C=O) groups excluding carboxylic acids is 1. The zero-order valence-electron chi connectivity index (χ0n) is 12.1. The first-order valence-electron chi connectivity index (χ1n) is 7.19. The van der Waals surface area contributed by atoms with E-state index in [1.807, 2.05) is 30.3 Å². The van der Waals surface area contributed by atoms with Crippen molar-refractivity contribution in [3.05, 3.63) is 66.1 Å². The van der Waals surface area contributed by atoms with Crippen LogP contribution >= 0.6 is 0 Å². The zero-order valence-corrected chi connectivity index (χ0v) is 12.1. The van der Waals surface area contributed by atoms with Gasteiger partial charge in [0.25, 0.3) is 0 Å². The van der Waals surface area contributed by atoms with Gasteiger partial charge in [0.05, 0.1) is 22.7 Å². The Balaban J connectivity index is 1.74. The lowest BCUT2D eigenvalue weighted by atomic mass is 10.2. The number of benzene rings is 2. The normalized spacial score (nSPS) is 11.2. The number of halogens is 1. The van der Waals surface area contributed by atoms with Crippen molar-refractivity contribution in [3.8, 4) is 0 Å². The summed E-state index contributed by atoms with van der Waals surface area (Å²) < 4.78 is 15.0. The fourth-order valence-corrected chi connectivity index (χ4v) is 2.75.